The molecular formula is C15H28N2O. The number of nitrogens with two attached hydrogens (primary N) is 1. The second kappa shape index (κ2) is 6.05. The maximum Gasteiger partial charge on any atom is 0.227 e. The van der Waals surface area contributed by atoms with Crippen molar-refractivity contribution in [1.82, 2.24) is 5.32 Å². The maximum atomic E-state index is 12.5. The molecule has 3 N–H and O–H groups in total. The van der Waals surface area contributed by atoms with Crippen LogP contribution in [-0.2, 0) is 4.79 Å². The molecule has 0 heterocycles. The molecule has 2 fully saturated rings. The van der Waals surface area contributed by atoms with Gasteiger partial charge in [0.25, 0.3) is 0 Å². The van der Waals surface area contributed by atoms with E-state index in [1.807, 2.05) is 0 Å². The Morgan fingerprint density at radius 2 is 1.94 bits per heavy atom. The third-order valence-electron chi connectivity index (χ3n) is 4.83. The van der Waals surface area contributed by atoms with Crippen molar-refractivity contribution in [1.29, 1.82) is 0 Å². The highest BCUT2D eigenvalue weighted by Gasteiger charge is 2.43. The van der Waals surface area contributed by atoms with Crippen LogP contribution in [0.2, 0.25) is 0 Å². The summed E-state index contributed by atoms with van der Waals surface area (Å²) in [6.07, 6.45) is 10.5. The Morgan fingerprint density at radius 3 is 2.50 bits per heavy atom. The van der Waals surface area contributed by atoms with E-state index in [1.165, 1.54) is 32.1 Å². The number of amides is 1. The molecule has 2 atom stereocenters. The molecule has 0 saturated heterocycles. The van der Waals surface area contributed by atoms with Gasteiger partial charge in [-0.2, -0.15) is 0 Å². The van der Waals surface area contributed by atoms with Crippen LogP contribution in [0.25, 0.3) is 0 Å². The van der Waals surface area contributed by atoms with E-state index in [0.717, 1.165) is 31.6 Å². The fraction of sp³-hybridized carbons (Fsp3) is 0.933. The lowest BCUT2D eigenvalue weighted by molar-refractivity contribution is -0.131. The minimum absolute atomic E-state index is 0.246. The van der Waals surface area contributed by atoms with E-state index in [9.17, 15) is 4.79 Å². The Balaban J connectivity index is 1.89. The van der Waals surface area contributed by atoms with Gasteiger partial charge in [0, 0.05) is 12.6 Å². The van der Waals surface area contributed by atoms with Gasteiger partial charge in [-0.3, -0.25) is 4.79 Å². The lowest BCUT2D eigenvalue weighted by atomic mass is 9.79. The van der Waals surface area contributed by atoms with Crippen LogP contribution in [0.4, 0.5) is 0 Å². The predicted octanol–water partition coefficient (Wildman–Crippen LogP) is 2.59. The zero-order valence-electron chi connectivity index (χ0n) is 11.7. The van der Waals surface area contributed by atoms with Gasteiger partial charge in [0.15, 0.2) is 0 Å². The molecule has 0 spiro atoms. The highest BCUT2D eigenvalue weighted by atomic mass is 16.2. The zero-order valence-corrected chi connectivity index (χ0v) is 11.7. The SMILES string of the molecule is CCCC1CC1NC(=O)C1(CN)CCCCCC1. The monoisotopic (exact) mass is 252 g/mol. The van der Waals surface area contributed by atoms with Crippen molar-refractivity contribution >= 4 is 5.91 Å². The summed E-state index contributed by atoms with van der Waals surface area (Å²) in [6, 6.07) is 0.448. The van der Waals surface area contributed by atoms with Crippen molar-refractivity contribution < 1.29 is 4.79 Å². The van der Waals surface area contributed by atoms with Gasteiger partial charge in [-0.1, -0.05) is 39.0 Å². The van der Waals surface area contributed by atoms with Crippen LogP contribution >= 0.6 is 0 Å². The van der Waals surface area contributed by atoms with Crippen LogP contribution in [0.3, 0.4) is 0 Å². The summed E-state index contributed by atoms with van der Waals surface area (Å²) in [5, 5.41) is 3.26. The van der Waals surface area contributed by atoms with Gasteiger partial charge in [-0.25, -0.2) is 0 Å². The van der Waals surface area contributed by atoms with Gasteiger partial charge in [0.1, 0.15) is 0 Å². The Morgan fingerprint density at radius 1 is 1.28 bits per heavy atom. The van der Waals surface area contributed by atoms with E-state index < -0.39 is 0 Å². The first-order valence-corrected chi connectivity index (χ1v) is 7.73. The van der Waals surface area contributed by atoms with Gasteiger partial charge in [0.05, 0.1) is 5.41 Å². The normalized spacial score (nSPS) is 30.6. The van der Waals surface area contributed by atoms with E-state index in [4.69, 9.17) is 5.73 Å². The minimum Gasteiger partial charge on any atom is -0.353 e. The molecule has 104 valence electrons. The van der Waals surface area contributed by atoms with Crippen LogP contribution in [0.5, 0.6) is 0 Å². The number of nitrogens with one attached hydrogen (secondary N) is 1. The summed E-state index contributed by atoms with van der Waals surface area (Å²) in [5.74, 6) is 0.982. The third-order valence-corrected chi connectivity index (χ3v) is 4.83. The second-order valence-electron chi connectivity index (χ2n) is 6.26. The van der Waals surface area contributed by atoms with Gasteiger partial charge in [0.2, 0.25) is 5.91 Å². The molecule has 0 aromatic carbocycles. The highest BCUT2D eigenvalue weighted by Crippen LogP contribution is 2.38. The van der Waals surface area contributed by atoms with E-state index in [2.05, 4.69) is 12.2 Å². The van der Waals surface area contributed by atoms with Gasteiger partial charge >= 0.3 is 0 Å². The third kappa shape index (κ3) is 3.05. The van der Waals surface area contributed by atoms with E-state index in [1.54, 1.807) is 0 Å². The average Bonchev–Trinajstić information content (AvgIpc) is 3.13. The largest absolute Gasteiger partial charge is 0.353 e. The van der Waals surface area contributed by atoms with E-state index in [0.29, 0.717) is 12.6 Å². The quantitative estimate of drug-likeness (QED) is 0.739. The Hall–Kier alpha value is -0.570. The first kappa shape index (κ1) is 13.9. The molecule has 0 radical (unpaired) electrons. The molecule has 1 amide bonds. The second-order valence-corrected chi connectivity index (χ2v) is 6.26. The van der Waals surface area contributed by atoms with Gasteiger partial charge in [-0.15, -0.1) is 0 Å². The summed E-state index contributed by atoms with van der Waals surface area (Å²) >= 11 is 0. The van der Waals surface area contributed by atoms with Crippen LogP contribution < -0.4 is 11.1 Å². The number of carbonyl (C=O) groups is 1. The van der Waals surface area contributed by atoms with Crippen molar-refractivity contribution in [2.45, 2.75) is 70.8 Å². The number of rotatable bonds is 5. The van der Waals surface area contributed by atoms with Gasteiger partial charge < -0.3 is 11.1 Å². The first-order valence-electron chi connectivity index (χ1n) is 7.73. The lowest BCUT2D eigenvalue weighted by Crippen LogP contribution is -2.46. The molecule has 2 aliphatic carbocycles. The summed E-state index contributed by atoms with van der Waals surface area (Å²) in [5.41, 5.74) is 5.68. The lowest BCUT2D eigenvalue weighted by Gasteiger charge is -2.30. The standard InChI is InChI=1S/C15H28N2O/c1-2-7-12-10-13(12)17-14(18)15(11-16)8-5-3-4-6-9-15/h12-13H,2-11,16H2,1H3,(H,17,18). The Kier molecular flexibility index (Phi) is 4.66. The number of carbonyl (C=O) groups excluding carboxylic acids is 1. The molecule has 2 aliphatic rings. The fourth-order valence-electron chi connectivity index (χ4n) is 3.36. The summed E-state index contributed by atoms with van der Waals surface area (Å²) < 4.78 is 0. The van der Waals surface area contributed by atoms with Gasteiger partial charge in [-0.05, 0) is 31.6 Å². The molecule has 2 rings (SSSR count). The predicted molar refractivity (Wildman–Crippen MR) is 74.1 cm³/mol. The highest BCUT2D eigenvalue weighted by molar-refractivity contribution is 5.83. The molecule has 2 saturated carbocycles. The Labute approximate surface area is 111 Å². The molecule has 2 unspecified atom stereocenters. The molecule has 0 aliphatic heterocycles. The summed E-state index contributed by atoms with van der Waals surface area (Å²) in [7, 11) is 0. The van der Waals surface area contributed by atoms with Crippen molar-refractivity contribution in [2.24, 2.45) is 17.1 Å². The summed E-state index contributed by atoms with van der Waals surface area (Å²) in [4.78, 5) is 12.5. The average molecular weight is 252 g/mol. The van der Waals surface area contributed by atoms with Crippen molar-refractivity contribution in [3.8, 4) is 0 Å². The van der Waals surface area contributed by atoms with Crippen LogP contribution in [-0.4, -0.2) is 18.5 Å². The fourth-order valence-corrected chi connectivity index (χ4v) is 3.36. The maximum absolute atomic E-state index is 12.5. The van der Waals surface area contributed by atoms with E-state index >= 15 is 0 Å². The van der Waals surface area contributed by atoms with Crippen molar-refractivity contribution in [3.63, 3.8) is 0 Å². The summed E-state index contributed by atoms with van der Waals surface area (Å²) in [6.45, 7) is 2.73. The molecule has 0 bridgehead atoms. The molecule has 3 nitrogen and oxygen atoms in total. The smallest absolute Gasteiger partial charge is 0.227 e. The minimum atomic E-state index is -0.254. The van der Waals surface area contributed by atoms with Crippen LogP contribution in [0.1, 0.15) is 64.7 Å². The molecular weight excluding hydrogens is 224 g/mol. The topological polar surface area (TPSA) is 55.1 Å². The Bertz CT molecular complexity index is 282. The number of hydrogen-bond acceptors (Lipinski definition) is 2. The zero-order chi connectivity index (χ0) is 13.0. The molecule has 0 aromatic rings. The van der Waals surface area contributed by atoms with Crippen LogP contribution in [0.15, 0.2) is 0 Å². The molecule has 0 aromatic heterocycles. The van der Waals surface area contributed by atoms with Crippen molar-refractivity contribution in [2.75, 3.05) is 6.54 Å². The first-order chi connectivity index (χ1) is 8.72. The van der Waals surface area contributed by atoms with E-state index in [-0.39, 0.29) is 11.3 Å². The molecule has 18 heavy (non-hydrogen) atoms. The molecule has 3 heteroatoms. The van der Waals surface area contributed by atoms with Crippen molar-refractivity contribution in [3.05, 3.63) is 0 Å². The number of hydrogen-bond donors (Lipinski definition) is 2. The van der Waals surface area contributed by atoms with Crippen LogP contribution in [0, 0.1) is 11.3 Å².